The quantitative estimate of drug-likeness (QED) is 0.897. The molecule has 1 aliphatic heterocycles. The molecule has 6 nitrogen and oxygen atoms in total. The maximum absolute atomic E-state index is 12.2. The lowest BCUT2D eigenvalue weighted by molar-refractivity contribution is -0.138. The van der Waals surface area contributed by atoms with Gasteiger partial charge in [-0.25, -0.2) is 0 Å². The first-order valence-corrected chi connectivity index (χ1v) is 7.50. The van der Waals surface area contributed by atoms with E-state index < -0.39 is 5.97 Å². The highest BCUT2D eigenvalue weighted by Crippen LogP contribution is 2.20. The molecule has 0 bridgehead atoms. The van der Waals surface area contributed by atoms with E-state index in [1.54, 1.807) is 10.3 Å². The molecule has 0 radical (unpaired) electrons. The third-order valence-electron chi connectivity index (χ3n) is 3.70. The Labute approximate surface area is 120 Å². The second-order valence-electron chi connectivity index (χ2n) is 5.15. The van der Waals surface area contributed by atoms with Crippen LogP contribution < -0.4 is 4.87 Å². The number of aromatic nitrogens is 1. The monoisotopic (exact) mass is 298 g/mol. The summed E-state index contributed by atoms with van der Waals surface area (Å²) in [5.74, 6) is -0.695. The highest BCUT2D eigenvalue weighted by Gasteiger charge is 2.24. The van der Waals surface area contributed by atoms with Crippen molar-refractivity contribution >= 4 is 23.2 Å². The zero-order valence-electron chi connectivity index (χ0n) is 11.4. The molecule has 1 aliphatic rings. The van der Waals surface area contributed by atoms with Gasteiger partial charge in [-0.2, -0.15) is 0 Å². The fourth-order valence-electron chi connectivity index (χ4n) is 2.46. The molecule has 1 N–H and O–H groups in total. The van der Waals surface area contributed by atoms with Crippen LogP contribution >= 0.6 is 11.3 Å². The predicted octanol–water partition coefficient (Wildman–Crippen LogP) is 0.932. The van der Waals surface area contributed by atoms with Gasteiger partial charge in [0.1, 0.15) is 6.54 Å². The summed E-state index contributed by atoms with van der Waals surface area (Å²) in [6.07, 6.45) is 1.61. The SMILES string of the molecule is Cc1csc(=O)n1CC(=O)N1CCC(CC(=O)O)CC1. The molecule has 0 aliphatic carbocycles. The summed E-state index contributed by atoms with van der Waals surface area (Å²) in [7, 11) is 0. The van der Waals surface area contributed by atoms with Crippen molar-refractivity contribution in [3.05, 3.63) is 20.7 Å². The molecule has 0 unspecified atom stereocenters. The first-order chi connectivity index (χ1) is 9.47. The van der Waals surface area contributed by atoms with Crippen molar-refractivity contribution in [1.82, 2.24) is 9.47 Å². The number of rotatable bonds is 4. The van der Waals surface area contributed by atoms with Gasteiger partial charge in [0.2, 0.25) is 5.91 Å². The van der Waals surface area contributed by atoms with Crippen molar-refractivity contribution in [2.45, 2.75) is 32.7 Å². The van der Waals surface area contributed by atoms with E-state index >= 15 is 0 Å². The van der Waals surface area contributed by atoms with E-state index in [2.05, 4.69) is 0 Å². The highest BCUT2D eigenvalue weighted by atomic mass is 32.1. The second kappa shape index (κ2) is 6.21. The van der Waals surface area contributed by atoms with Crippen molar-refractivity contribution < 1.29 is 14.7 Å². The predicted molar refractivity (Wildman–Crippen MR) is 74.9 cm³/mol. The Kier molecular flexibility index (Phi) is 4.59. The van der Waals surface area contributed by atoms with Gasteiger partial charge in [-0.15, -0.1) is 0 Å². The summed E-state index contributed by atoms with van der Waals surface area (Å²) in [4.78, 5) is 36.0. The number of nitrogens with zero attached hydrogens (tertiary/aromatic N) is 2. The highest BCUT2D eigenvalue weighted by molar-refractivity contribution is 7.07. The van der Waals surface area contributed by atoms with Crippen LogP contribution in [0.4, 0.5) is 0 Å². The number of hydrogen-bond acceptors (Lipinski definition) is 4. The second-order valence-corrected chi connectivity index (χ2v) is 5.97. The molecule has 1 saturated heterocycles. The fraction of sp³-hybridized carbons (Fsp3) is 0.615. The number of carboxylic acids is 1. The lowest BCUT2D eigenvalue weighted by Gasteiger charge is -2.31. The van der Waals surface area contributed by atoms with Crippen LogP contribution in [0, 0.1) is 12.8 Å². The Hall–Kier alpha value is -1.63. The minimum atomic E-state index is -0.782. The molecule has 0 saturated carbocycles. The molecule has 0 spiro atoms. The molecule has 2 rings (SSSR count). The average molecular weight is 298 g/mol. The number of aliphatic carboxylic acids is 1. The molecular weight excluding hydrogens is 280 g/mol. The van der Waals surface area contributed by atoms with Gasteiger partial charge in [0, 0.05) is 30.6 Å². The lowest BCUT2D eigenvalue weighted by atomic mass is 9.93. The Morgan fingerprint density at radius 2 is 2.05 bits per heavy atom. The molecule has 110 valence electrons. The summed E-state index contributed by atoms with van der Waals surface area (Å²) in [6.45, 7) is 3.05. The lowest BCUT2D eigenvalue weighted by Crippen LogP contribution is -2.41. The zero-order valence-corrected chi connectivity index (χ0v) is 12.2. The number of likely N-dealkylation sites (tertiary alicyclic amines) is 1. The minimum Gasteiger partial charge on any atom is -0.481 e. The number of carbonyl (C=O) groups is 2. The van der Waals surface area contributed by atoms with Crippen molar-refractivity contribution in [1.29, 1.82) is 0 Å². The molecule has 2 heterocycles. The number of carboxylic acid groups (broad SMARTS) is 1. The number of hydrogen-bond donors (Lipinski definition) is 1. The smallest absolute Gasteiger partial charge is 0.307 e. The average Bonchev–Trinajstić information content (AvgIpc) is 2.70. The summed E-state index contributed by atoms with van der Waals surface area (Å²) >= 11 is 1.10. The van der Waals surface area contributed by atoms with Gasteiger partial charge in [-0.3, -0.25) is 19.0 Å². The van der Waals surface area contributed by atoms with Crippen LogP contribution in [0.5, 0.6) is 0 Å². The van der Waals surface area contributed by atoms with Gasteiger partial charge in [0.15, 0.2) is 0 Å². The fourth-order valence-corrected chi connectivity index (χ4v) is 3.20. The van der Waals surface area contributed by atoms with Gasteiger partial charge in [-0.1, -0.05) is 11.3 Å². The van der Waals surface area contributed by atoms with Crippen LogP contribution in [0.25, 0.3) is 0 Å². The van der Waals surface area contributed by atoms with E-state index in [0.29, 0.717) is 13.1 Å². The Morgan fingerprint density at radius 1 is 1.40 bits per heavy atom. The maximum Gasteiger partial charge on any atom is 0.307 e. The van der Waals surface area contributed by atoms with Crippen molar-refractivity contribution in [2.24, 2.45) is 5.92 Å². The van der Waals surface area contributed by atoms with Gasteiger partial charge in [-0.05, 0) is 25.7 Å². The van der Waals surface area contributed by atoms with E-state index in [0.717, 1.165) is 29.9 Å². The van der Waals surface area contributed by atoms with Gasteiger partial charge < -0.3 is 10.0 Å². The van der Waals surface area contributed by atoms with Crippen LogP contribution in [0.3, 0.4) is 0 Å². The van der Waals surface area contributed by atoms with Crippen LogP contribution in [0.1, 0.15) is 25.0 Å². The van der Waals surface area contributed by atoms with Crippen molar-refractivity contribution in [3.8, 4) is 0 Å². The molecule has 0 aromatic carbocycles. The van der Waals surface area contributed by atoms with E-state index in [-0.39, 0.29) is 29.7 Å². The zero-order chi connectivity index (χ0) is 14.7. The molecule has 1 amide bonds. The molecule has 1 fully saturated rings. The first-order valence-electron chi connectivity index (χ1n) is 6.62. The maximum atomic E-state index is 12.2. The van der Waals surface area contributed by atoms with Gasteiger partial charge in [0.25, 0.3) is 0 Å². The molecular formula is C13H18N2O4S. The van der Waals surface area contributed by atoms with Crippen LogP contribution in [0.15, 0.2) is 10.2 Å². The third-order valence-corrected chi connectivity index (χ3v) is 4.58. The van der Waals surface area contributed by atoms with Crippen molar-refractivity contribution in [3.63, 3.8) is 0 Å². The standard InChI is InChI=1S/C13H18N2O4S/c1-9-8-20-13(19)15(9)7-11(16)14-4-2-10(3-5-14)6-12(17)18/h8,10H,2-7H2,1H3,(H,17,18). The first kappa shape index (κ1) is 14.8. The third kappa shape index (κ3) is 3.47. The number of piperidine rings is 1. The van der Waals surface area contributed by atoms with Crippen LogP contribution in [-0.2, 0) is 16.1 Å². The van der Waals surface area contributed by atoms with E-state index in [9.17, 15) is 14.4 Å². The molecule has 1 aromatic rings. The number of amides is 1. The number of aryl methyl sites for hydroxylation is 1. The van der Waals surface area contributed by atoms with Crippen LogP contribution in [0.2, 0.25) is 0 Å². The normalized spacial score (nSPS) is 16.4. The summed E-state index contributed by atoms with van der Waals surface area (Å²) < 4.78 is 1.48. The Balaban J connectivity index is 1.89. The summed E-state index contributed by atoms with van der Waals surface area (Å²) in [5.41, 5.74) is 0.800. The van der Waals surface area contributed by atoms with E-state index in [4.69, 9.17) is 5.11 Å². The largest absolute Gasteiger partial charge is 0.481 e. The van der Waals surface area contributed by atoms with Gasteiger partial charge in [0.05, 0.1) is 0 Å². The number of carbonyl (C=O) groups excluding carboxylic acids is 1. The molecule has 1 aromatic heterocycles. The van der Waals surface area contributed by atoms with Gasteiger partial charge >= 0.3 is 10.8 Å². The molecule has 7 heteroatoms. The summed E-state index contributed by atoms with van der Waals surface area (Å²) in [6, 6.07) is 0. The topological polar surface area (TPSA) is 79.6 Å². The van der Waals surface area contributed by atoms with Crippen LogP contribution in [-0.4, -0.2) is 39.5 Å². The van der Waals surface area contributed by atoms with Crippen molar-refractivity contribution in [2.75, 3.05) is 13.1 Å². The Bertz CT molecular complexity index is 555. The van der Waals surface area contributed by atoms with E-state index in [1.165, 1.54) is 4.57 Å². The summed E-state index contributed by atoms with van der Waals surface area (Å²) in [5, 5.41) is 10.5. The number of thiazole rings is 1. The minimum absolute atomic E-state index is 0.0672. The Morgan fingerprint density at radius 3 is 2.55 bits per heavy atom. The molecule has 20 heavy (non-hydrogen) atoms. The molecule has 0 atom stereocenters. The van der Waals surface area contributed by atoms with E-state index in [1.807, 2.05) is 6.92 Å².